The Kier molecular flexibility index (Phi) is 4.37. The van der Waals surface area contributed by atoms with Gasteiger partial charge < -0.3 is 5.43 Å². The van der Waals surface area contributed by atoms with Crippen LogP contribution in [0.3, 0.4) is 0 Å². The van der Waals surface area contributed by atoms with Crippen molar-refractivity contribution in [2.45, 2.75) is 39.0 Å². The van der Waals surface area contributed by atoms with Crippen LogP contribution in [0.5, 0.6) is 0 Å². The SMILES string of the molecule is Cc1cc(C)nc(NNC2=CC[C@H](c3ccccc3)CC2)n1. The molecule has 0 spiro atoms. The Morgan fingerprint density at radius 3 is 2.36 bits per heavy atom. The van der Waals surface area contributed by atoms with E-state index >= 15 is 0 Å². The first-order valence-electron chi connectivity index (χ1n) is 7.79. The van der Waals surface area contributed by atoms with Crippen molar-refractivity contribution in [2.24, 2.45) is 0 Å². The molecule has 0 aliphatic heterocycles. The number of anilines is 1. The minimum atomic E-state index is 0.628. The quantitative estimate of drug-likeness (QED) is 0.841. The van der Waals surface area contributed by atoms with E-state index in [-0.39, 0.29) is 0 Å². The van der Waals surface area contributed by atoms with Gasteiger partial charge in [0, 0.05) is 17.1 Å². The van der Waals surface area contributed by atoms with Gasteiger partial charge in [0.1, 0.15) is 0 Å². The minimum absolute atomic E-state index is 0.628. The zero-order valence-corrected chi connectivity index (χ0v) is 13.1. The van der Waals surface area contributed by atoms with Crippen molar-refractivity contribution in [1.82, 2.24) is 15.4 Å². The van der Waals surface area contributed by atoms with E-state index in [2.05, 4.69) is 57.2 Å². The lowest BCUT2D eigenvalue weighted by Gasteiger charge is -2.23. The lowest BCUT2D eigenvalue weighted by atomic mass is 9.87. The van der Waals surface area contributed by atoms with Gasteiger partial charge in [0.15, 0.2) is 0 Å². The fraction of sp³-hybridized carbons (Fsp3) is 0.333. The van der Waals surface area contributed by atoms with E-state index in [0.29, 0.717) is 11.9 Å². The Labute approximate surface area is 131 Å². The van der Waals surface area contributed by atoms with Crippen LogP contribution in [0, 0.1) is 13.8 Å². The summed E-state index contributed by atoms with van der Waals surface area (Å²) in [5.41, 5.74) is 11.0. The van der Waals surface area contributed by atoms with Crippen molar-refractivity contribution < 1.29 is 0 Å². The van der Waals surface area contributed by atoms with Gasteiger partial charge in [-0.25, -0.2) is 9.97 Å². The highest BCUT2D eigenvalue weighted by Gasteiger charge is 2.16. The summed E-state index contributed by atoms with van der Waals surface area (Å²) >= 11 is 0. The molecule has 4 nitrogen and oxygen atoms in total. The van der Waals surface area contributed by atoms with E-state index in [1.165, 1.54) is 11.3 Å². The maximum absolute atomic E-state index is 4.37. The molecule has 2 aromatic rings. The number of nitrogens with one attached hydrogen (secondary N) is 2. The third-order valence-corrected chi connectivity index (χ3v) is 4.00. The molecule has 0 unspecified atom stereocenters. The minimum Gasteiger partial charge on any atom is -0.303 e. The summed E-state index contributed by atoms with van der Waals surface area (Å²) in [7, 11) is 0. The molecule has 0 fully saturated rings. The first-order chi connectivity index (χ1) is 10.7. The number of aromatic nitrogens is 2. The predicted octanol–water partition coefficient (Wildman–Crippen LogP) is 3.86. The largest absolute Gasteiger partial charge is 0.303 e. The summed E-state index contributed by atoms with van der Waals surface area (Å²) in [6.45, 7) is 3.95. The second kappa shape index (κ2) is 6.60. The first kappa shape index (κ1) is 14.6. The van der Waals surface area contributed by atoms with Crippen LogP contribution in [-0.4, -0.2) is 9.97 Å². The van der Waals surface area contributed by atoms with Crippen LogP contribution in [0.1, 0.15) is 42.1 Å². The first-order valence-corrected chi connectivity index (χ1v) is 7.79. The summed E-state index contributed by atoms with van der Waals surface area (Å²) < 4.78 is 0. The average molecular weight is 294 g/mol. The second-order valence-corrected chi connectivity index (χ2v) is 5.84. The molecule has 1 aliphatic rings. The van der Waals surface area contributed by atoms with Crippen molar-refractivity contribution >= 4 is 5.95 Å². The summed E-state index contributed by atoms with van der Waals surface area (Å²) in [5, 5.41) is 0. The highest BCUT2D eigenvalue weighted by Crippen LogP contribution is 2.30. The molecule has 1 aromatic carbocycles. The molecule has 3 rings (SSSR count). The Balaban J connectivity index is 1.57. The molecule has 1 heterocycles. The number of allylic oxidation sites excluding steroid dienone is 2. The molecule has 4 heteroatoms. The molecular weight excluding hydrogens is 272 g/mol. The molecule has 1 aromatic heterocycles. The van der Waals surface area contributed by atoms with Crippen LogP contribution in [0.2, 0.25) is 0 Å². The monoisotopic (exact) mass is 294 g/mol. The lowest BCUT2D eigenvalue weighted by molar-refractivity contribution is 0.578. The van der Waals surface area contributed by atoms with E-state index in [1.807, 2.05) is 19.9 Å². The number of rotatable bonds is 4. The molecule has 114 valence electrons. The van der Waals surface area contributed by atoms with Crippen LogP contribution in [-0.2, 0) is 0 Å². The smallest absolute Gasteiger partial charge is 0.242 e. The third-order valence-electron chi connectivity index (χ3n) is 4.00. The predicted molar refractivity (Wildman–Crippen MR) is 89.4 cm³/mol. The molecule has 0 saturated carbocycles. The van der Waals surface area contributed by atoms with E-state index in [0.717, 1.165) is 30.7 Å². The zero-order valence-electron chi connectivity index (χ0n) is 13.1. The van der Waals surface area contributed by atoms with Gasteiger partial charge in [0.25, 0.3) is 0 Å². The fourth-order valence-corrected chi connectivity index (χ4v) is 2.89. The van der Waals surface area contributed by atoms with Gasteiger partial charge in [-0.05, 0) is 50.7 Å². The topological polar surface area (TPSA) is 49.8 Å². The number of nitrogens with zero attached hydrogens (tertiary/aromatic N) is 2. The molecule has 22 heavy (non-hydrogen) atoms. The van der Waals surface area contributed by atoms with E-state index in [1.54, 1.807) is 0 Å². The Morgan fingerprint density at radius 1 is 1.00 bits per heavy atom. The summed E-state index contributed by atoms with van der Waals surface area (Å²) in [5.74, 6) is 1.26. The normalized spacial score (nSPS) is 17.7. The number of hydrazine groups is 1. The highest BCUT2D eigenvalue weighted by atomic mass is 15.4. The van der Waals surface area contributed by atoms with Crippen LogP contribution in [0.25, 0.3) is 0 Å². The summed E-state index contributed by atoms with van der Waals surface area (Å²) in [6.07, 6.45) is 5.55. The maximum Gasteiger partial charge on any atom is 0.242 e. The van der Waals surface area contributed by atoms with Gasteiger partial charge in [-0.2, -0.15) is 0 Å². The van der Waals surface area contributed by atoms with Crippen LogP contribution in [0.15, 0.2) is 48.2 Å². The number of hydrogen-bond donors (Lipinski definition) is 2. The van der Waals surface area contributed by atoms with Gasteiger partial charge in [-0.1, -0.05) is 36.4 Å². The lowest BCUT2D eigenvalue weighted by Crippen LogP contribution is -2.24. The molecule has 2 N–H and O–H groups in total. The molecule has 0 radical (unpaired) electrons. The van der Waals surface area contributed by atoms with Crippen LogP contribution >= 0.6 is 0 Å². The van der Waals surface area contributed by atoms with Crippen molar-refractivity contribution in [3.63, 3.8) is 0 Å². The number of hydrogen-bond acceptors (Lipinski definition) is 4. The third kappa shape index (κ3) is 3.64. The number of benzene rings is 1. The van der Waals surface area contributed by atoms with Gasteiger partial charge in [0.2, 0.25) is 5.95 Å². The van der Waals surface area contributed by atoms with Gasteiger partial charge >= 0.3 is 0 Å². The van der Waals surface area contributed by atoms with Crippen LogP contribution in [0.4, 0.5) is 5.95 Å². The van der Waals surface area contributed by atoms with Crippen LogP contribution < -0.4 is 10.9 Å². The van der Waals surface area contributed by atoms with E-state index < -0.39 is 0 Å². The number of aryl methyl sites for hydroxylation is 2. The average Bonchev–Trinajstić information content (AvgIpc) is 2.53. The second-order valence-electron chi connectivity index (χ2n) is 5.84. The molecule has 0 bridgehead atoms. The Hall–Kier alpha value is -2.36. The molecule has 1 atom stereocenters. The zero-order chi connectivity index (χ0) is 15.4. The maximum atomic E-state index is 4.37. The van der Waals surface area contributed by atoms with E-state index in [4.69, 9.17) is 0 Å². The van der Waals surface area contributed by atoms with Crippen molar-refractivity contribution in [2.75, 3.05) is 5.43 Å². The summed E-state index contributed by atoms with van der Waals surface area (Å²) in [6, 6.07) is 12.7. The summed E-state index contributed by atoms with van der Waals surface area (Å²) in [4.78, 5) is 8.74. The molecule has 1 aliphatic carbocycles. The van der Waals surface area contributed by atoms with Gasteiger partial charge in [0.05, 0.1) is 0 Å². The van der Waals surface area contributed by atoms with Crippen molar-refractivity contribution in [3.8, 4) is 0 Å². The molecule has 0 amide bonds. The fourth-order valence-electron chi connectivity index (χ4n) is 2.89. The van der Waals surface area contributed by atoms with Crippen molar-refractivity contribution in [1.29, 1.82) is 0 Å². The standard InChI is InChI=1S/C18H22N4/c1-13-12-14(2)20-18(19-13)22-21-17-10-8-16(9-11-17)15-6-4-3-5-7-15/h3-7,10,12,16,21H,8-9,11H2,1-2H3,(H,19,20,22)/t16-/m0/s1. The van der Waals surface area contributed by atoms with E-state index in [9.17, 15) is 0 Å². The van der Waals surface area contributed by atoms with Gasteiger partial charge in [-0.3, -0.25) is 5.43 Å². The molecular formula is C18H22N4. The van der Waals surface area contributed by atoms with Gasteiger partial charge in [-0.15, -0.1) is 0 Å². The molecule has 0 saturated heterocycles. The Morgan fingerprint density at radius 2 is 1.73 bits per heavy atom. The van der Waals surface area contributed by atoms with Crippen molar-refractivity contribution in [3.05, 3.63) is 65.1 Å². The highest BCUT2D eigenvalue weighted by molar-refractivity contribution is 5.28. The Bertz CT molecular complexity index is 644.